The highest BCUT2D eigenvalue weighted by atomic mass is 35.5. The number of rotatable bonds is 9. The molecule has 2 nitrogen and oxygen atoms in total. The molecule has 0 aromatic heterocycles. The zero-order valence-corrected chi connectivity index (χ0v) is 10.7. The van der Waals surface area contributed by atoms with Crippen molar-refractivity contribution in [2.45, 2.75) is 56.7 Å². The number of aliphatic carboxylic acids is 1. The van der Waals surface area contributed by atoms with Crippen LogP contribution in [0.4, 0.5) is 0 Å². The van der Waals surface area contributed by atoms with Gasteiger partial charge >= 0.3 is 5.97 Å². The Kier molecular flexibility index (Phi) is 9.32. The van der Waals surface area contributed by atoms with Crippen LogP contribution < -0.4 is 0 Å². The number of halogens is 2. The molecule has 0 aliphatic heterocycles. The SMILES string of the molecule is CCC(CCCCCCC(Cl)Cl)C(=O)O. The second-order valence-electron chi connectivity index (χ2n) is 3.83. The van der Waals surface area contributed by atoms with Crippen molar-refractivity contribution in [3.63, 3.8) is 0 Å². The van der Waals surface area contributed by atoms with Crippen molar-refractivity contribution in [2.75, 3.05) is 0 Å². The van der Waals surface area contributed by atoms with Crippen molar-refractivity contribution >= 4 is 29.2 Å². The van der Waals surface area contributed by atoms with Gasteiger partial charge in [-0.05, 0) is 19.3 Å². The van der Waals surface area contributed by atoms with Crippen molar-refractivity contribution in [3.8, 4) is 0 Å². The van der Waals surface area contributed by atoms with E-state index in [2.05, 4.69) is 0 Å². The lowest BCUT2D eigenvalue weighted by atomic mass is 9.98. The van der Waals surface area contributed by atoms with Gasteiger partial charge in [0, 0.05) is 0 Å². The van der Waals surface area contributed by atoms with Gasteiger partial charge in [0.05, 0.1) is 5.92 Å². The van der Waals surface area contributed by atoms with Crippen LogP contribution >= 0.6 is 23.2 Å². The minimum absolute atomic E-state index is 0.168. The number of carboxylic acid groups (broad SMARTS) is 1. The van der Waals surface area contributed by atoms with Crippen LogP contribution in [0.5, 0.6) is 0 Å². The maximum absolute atomic E-state index is 10.7. The number of hydrogen-bond donors (Lipinski definition) is 1. The van der Waals surface area contributed by atoms with Crippen LogP contribution in [0.25, 0.3) is 0 Å². The number of alkyl halides is 2. The lowest BCUT2D eigenvalue weighted by Crippen LogP contribution is -2.12. The molecule has 0 aromatic rings. The van der Waals surface area contributed by atoms with Crippen LogP contribution in [0.1, 0.15) is 51.9 Å². The first kappa shape index (κ1) is 15.0. The average molecular weight is 255 g/mol. The van der Waals surface area contributed by atoms with Gasteiger partial charge in [0.1, 0.15) is 4.84 Å². The van der Waals surface area contributed by atoms with Gasteiger partial charge < -0.3 is 5.11 Å². The summed E-state index contributed by atoms with van der Waals surface area (Å²) in [4.78, 5) is 10.4. The highest BCUT2D eigenvalue weighted by Crippen LogP contribution is 2.17. The van der Waals surface area contributed by atoms with E-state index in [4.69, 9.17) is 28.3 Å². The molecule has 1 unspecified atom stereocenters. The fourth-order valence-corrected chi connectivity index (χ4v) is 1.85. The Morgan fingerprint density at radius 2 is 1.67 bits per heavy atom. The molecule has 0 fully saturated rings. The third-order valence-electron chi connectivity index (χ3n) is 2.57. The molecule has 0 saturated carbocycles. The van der Waals surface area contributed by atoms with Gasteiger partial charge in [-0.3, -0.25) is 4.79 Å². The highest BCUT2D eigenvalue weighted by molar-refractivity contribution is 6.44. The Labute approximate surface area is 102 Å². The van der Waals surface area contributed by atoms with Gasteiger partial charge in [-0.15, -0.1) is 23.2 Å². The van der Waals surface area contributed by atoms with Gasteiger partial charge in [0.15, 0.2) is 0 Å². The molecule has 0 aliphatic carbocycles. The first-order chi connectivity index (χ1) is 7.07. The highest BCUT2D eigenvalue weighted by Gasteiger charge is 2.13. The fourth-order valence-electron chi connectivity index (χ4n) is 1.55. The molecular formula is C11H20Cl2O2. The largest absolute Gasteiger partial charge is 0.481 e. The Morgan fingerprint density at radius 3 is 2.07 bits per heavy atom. The normalized spacial score (nSPS) is 13.1. The lowest BCUT2D eigenvalue weighted by molar-refractivity contribution is -0.142. The van der Waals surface area contributed by atoms with Gasteiger partial charge in [-0.1, -0.05) is 32.6 Å². The van der Waals surface area contributed by atoms with Crippen molar-refractivity contribution < 1.29 is 9.90 Å². The molecule has 0 spiro atoms. The van der Waals surface area contributed by atoms with Crippen molar-refractivity contribution in [1.29, 1.82) is 0 Å². The molecule has 1 N–H and O–H groups in total. The third-order valence-corrected chi connectivity index (χ3v) is 3.00. The molecule has 4 heteroatoms. The summed E-state index contributed by atoms with van der Waals surface area (Å²) in [6.07, 6.45) is 6.52. The Morgan fingerprint density at radius 1 is 1.13 bits per heavy atom. The van der Waals surface area contributed by atoms with E-state index >= 15 is 0 Å². The monoisotopic (exact) mass is 254 g/mol. The van der Waals surface area contributed by atoms with E-state index in [9.17, 15) is 4.79 Å². The lowest BCUT2D eigenvalue weighted by Gasteiger charge is -2.08. The molecule has 0 aromatic carbocycles. The number of unbranched alkanes of at least 4 members (excludes halogenated alkanes) is 3. The maximum atomic E-state index is 10.7. The van der Waals surface area contributed by atoms with E-state index in [0.717, 1.165) is 44.9 Å². The molecular weight excluding hydrogens is 235 g/mol. The van der Waals surface area contributed by atoms with E-state index in [1.165, 1.54) is 0 Å². The van der Waals surface area contributed by atoms with E-state index in [0.29, 0.717) is 0 Å². The topological polar surface area (TPSA) is 37.3 Å². The minimum Gasteiger partial charge on any atom is -0.481 e. The molecule has 0 rings (SSSR count). The van der Waals surface area contributed by atoms with Gasteiger partial charge in [-0.2, -0.15) is 0 Å². The molecule has 90 valence electrons. The van der Waals surface area contributed by atoms with E-state index in [-0.39, 0.29) is 10.8 Å². The second kappa shape index (κ2) is 9.29. The van der Waals surface area contributed by atoms with Crippen LogP contribution in [0.2, 0.25) is 0 Å². The summed E-state index contributed by atoms with van der Waals surface area (Å²) in [6.45, 7) is 1.92. The quantitative estimate of drug-likeness (QED) is 0.494. The van der Waals surface area contributed by atoms with Crippen molar-refractivity contribution in [3.05, 3.63) is 0 Å². The Bertz CT molecular complexity index is 172. The third kappa shape index (κ3) is 9.01. The first-order valence-electron chi connectivity index (χ1n) is 5.58. The summed E-state index contributed by atoms with van der Waals surface area (Å²) < 4.78 is 0. The van der Waals surface area contributed by atoms with E-state index in [1.54, 1.807) is 0 Å². The van der Waals surface area contributed by atoms with Crippen molar-refractivity contribution in [2.24, 2.45) is 5.92 Å². The standard InChI is InChI=1S/C11H20Cl2O2/c1-2-9(11(14)15)7-5-3-4-6-8-10(12)13/h9-10H,2-8H2,1H3,(H,14,15). The fraction of sp³-hybridized carbons (Fsp3) is 0.909. The number of carboxylic acids is 1. The summed E-state index contributed by atoms with van der Waals surface area (Å²) in [5.74, 6) is -0.835. The predicted molar refractivity (Wildman–Crippen MR) is 64.6 cm³/mol. The van der Waals surface area contributed by atoms with Crippen molar-refractivity contribution in [1.82, 2.24) is 0 Å². The number of carbonyl (C=O) groups is 1. The van der Waals surface area contributed by atoms with Gasteiger partial charge in [-0.25, -0.2) is 0 Å². The molecule has 0 amide bonds. The van der Waals surface area contributed by atoms with Crippen LogP contribution in [0.15, 0.2) is 0 Å². The molecule has 15 heavy (non-hydrogen) atoms. The van der Waals surface area contributed by atoms with Gasteiger partial charge in [0.25, 0.3) is 0 Å². The van der Waals surface area contributed by atoms with Crippen LogP contribution in [0.3, 0.4) is 0 Å². The maximum Gasteiger partial charge on any atom is 0.306 e. The summed E-state index contributed by atoms with van der Waals surface area (Å²) in [6, 6.07) is 0. The zero-order valence-electron chi connectivity index (χ0n) is 9.22. The number of hydrogen-bond acceptors (Lipinski definition) is 1. The summed E-state index contributed by atoms with van der Waals surface area (Å²) in [5, 5.41) is 8.81. The molecule has 1 atom stereocenters. The predicted octanol–water partition coefficient (Wildman–Crippen LogP) is 4.24. The molecule has 0 bridgehead atoms. The summed E-state index contributed by atoms with van der Waals surface area (Å²) >= 11 is 11.2. The molecule has 0 radical (unpaired) electrons. The molecule has 0 saturated heterocycles. The van der Waals surface area contributed by atoms with Gasteiger partial charge in [0.2, 0.25) is 0 Å². The second-order valence-corrected chi connectivity index (χ2v) is 5.10. The zero-order chi connectivity index (χ0) is 11.7. The smallest absolute Gasteiger partial charge is 0.306 e. The molecule has 0 aliphatic rings. The average Bonchev–Trinajstić information content (AvgIpc) is 2.15. The van der Waals surface area contributed by atoms with E-state index in [1.807, 2.05) is 6.92 Å². The minimum atomic E-state index is -0.668. The Balaban J connectivity index is 3.33. The first-order valence-corrected chi connectivity index (χ1v) is 6.46. The van der Waals surface area contributed by atoms with Crippen LogP contribution in [0, 0.1) is 5.92 Å². The van der Waals surface area contributed by atoms with Crippen LogP contribution in [-0.2, 0) is 4.79 Å². The summed E-state index contributed by atoms with van der Waals surface area (Å²) in [7, 11) is 0. The Hall–Kier alpha value is 0.0500. The summed E-state index contributed by atoms with van der Waals surface area (Å²) in [5.41, 5.74) is 0. The van der Waals surface area contributed by atoms with Crippen LogP contribution in [-0.4, -0.2) is 15.9 Å². The van der Waals surface area contributed by atoms with E-state index < -0.39 is 5.97 Å². The molecule has 0 heterocycles.